The summed E-state index contributed by atoms with van der Waals surface area (Å²) in [7, 11) is 0. The summed E-state index contributed by atoms with van der Waals surface area (Å²) >= 11 is 7.36. The third kappa shape index (κ3) is 5.72. The number of nitrogens with zero attached hydrogens (tertiary/aromatic N) is 2. The molecule has 0 spiro atoms. The van der Waals surface area contributed by atoms with Gasteiger partial charge >= 0.3 is 0 Å². The first kappa shape index (κ1) is 22.5. The first-order valence-electron chi connectivity index (χ1n) is 9.89. The molecular weight excluding hydrogens is 420 g/mol. The van der Waals surface area contributed by atoms with Crippen LogP contribution >= 0.6 is 23.4 Å². The van der Waals surface area contributed by atoms with Gasteiger partial charge in [0.05, 0.1) is 22.8 Å². The molecule has 0 amide bonds. The van der Waals surface area contributed by atoms with E-state index >= 15 is 0 Å². The number of ketones is 1. The lowest BCUT2D eigenvalue weighted by Gasteiger charge is -2.14. The molecule has 0 bridgehead atoms. The second kappa shape index (κ2) is 10.2. The number of thioether (sulfide) groups is 1. The molecule has 30 heavy (non-hydrogen) atoms. The zero-order valence-electron chi connectivity index (χ0n) is 17.4. The van der Waals surface area contributed by atoms with Gasteiger partial charge in [0.15, 0.2) is 10.9 Å². The number of fused-ring (bicyclic) bond motifs is 1. The smallest absolute Gasteiger partial charge is 0.262 e. The number of carbonyl (C=O) groups excluding carboxylic acids is 1. The number of ether oxygens (including phenoxy) is 1. The SMILES string of the molecule is Cc1ccc(C(=O)CSc2nc3cc(Cl)ccc3c(=O)n2CCCOC(C)C)cc1. The summed E-state index contributed by atoms with van der Waals surface area (Å²) in [5.74, 6) is 0.194. The lowest BCUT2D eigenvalue weighted by molar-refractivity contribution is 0.0743. The van der Waals surface area contributed by atoms with Gasteiger partial charge in [-0.1, -0.05) is 53.2 Å². The first-order valence-corrected chi connectivity index (χ1v) is 11.3. The van der Waals surface area contributed by atoms with Gasteiger partial charge in [0.1, 0.15) is 0 Å². The van der Waals surface area contributed by atoms with E-state index < -0.39 is 0 Å². The maximum atomic E-state index is 13.1. The fourth-order valence-electron chi connectivity index (χ4n) is 2.98. The number of rotatable bonds is 9. The van der Waals surface area contributed by atoms with Gasteiger partial charge in [-0.05, 0) is 45.4 Å². The maximum absolute atomic E-state index is 13.1. The van der Waals surface area contributed by atoms with E-state index in [-0.39, 0.29) is 23.2 Å². The minimum Gasteiger partial charge on any atom is -0.379 e. The number of halogens is 1. The average Bonchev–Trinajstić information content (AvgIpc) is 2.71. The van der Waals surface area contributed by atoms with Gasteiger partial charge in [-0.15, -0.1) is 0 Å². The van der Waals surface area contributed by atoms with Crippen LogP contribution in [0.4, 0.5) is 0 Å². The summed E-state index contributed by atoms with van der Waals surface area (Å²) in [5, 5.41) is 1.54. The monoisotopic (exact) mass is 444 g/mol. The Morgan fingerprint density at radius 2 is 1.93 bits per heavy atom. The standard InChI is InChI=1S/C23H25ClN2O3S/c1-15(2)29-12-4-11-26-22(28)19-10-9-18(24)13-20(19)25-23(26)30-14-21(27)17-7-5-16(3)6-8-17/h5-10,13,15H,4,11-12,14H2,1-3H3. The van der Waals surface area contributed by atoms with Crippen LogP contribution in [-0.4, -0.2) is 33.8 Å². The lowest BCUT2D eigenvalue weighted by Crippen LogP contribution is -2.24. The fraction of sp³-hybridized carbons (Fsp3) is 0.348. The van der Waals surface area contributed by atoms with Crippen molar-refractivity contribution in [1.29, 1.82) is 0 Å². The molecule has 5 nitrogen and oxygen atoms in total. The van der Waals surface area contributed by atoms with Crippen LogP contribution < -0.4 is 5.56 Å². The van der Waals surface area contributed by atoms with Gasteiger partial charge in [-0.2, -0.15) is 0 Å². The third-order valence-electron chi connectivity index (χ3n) is 4.57. The second-order valence-electron chi connectivity index (χ2n) is 7.36. The van der Waals surface area contributed by atoms with Crippen molar-refractivity contribution in [1.82, 2.24) is 9.55 Å². The van der Waals surface area contributed by atoms with Crippen LogP contribution in [0.3, 0.4) is 0 Å². The van der Waals surface area contributed by atoms with E-state index in [0.29, 0.717) is 46.2 Å². The van der Waals surface area contributed by atoms with Crippen molar-refractivity contribution in [3.8, 4) is 0 Å². The van der Waals surface area contributed by atoms with Gasteiger partial charge in [0.25, 0.3) is 5.56 Å². The molecule has 0 aliphatic heterocycles. The molecule has 1 heterocycles. The zero-order valence-corrected chi connectivity index (χ0v) is 18.9. The molecule has 0 radical (unpaired) electrons. The summed E-state index contributed by atoms with van der Waals surface area (Å²) in [5.41, 5.74) is 2.15. The van der Waals surface area contributed by atoms with E-state index in [0.717, 1.165) is 5.56 Å². The van der Waals surface area contributed by atoms with E-state index in [4.69, 9.17) is 16.3 Å². The van der Waals surface area contributed by atoms with Gasteiger partial charge in [0.2, 0.25) is 0 Å². The molecule has 3 rings (SSSR count). The van der Waals surface area contributed by atoms with E-state index in [2.05, 4.69) is 4.98 Å². The van der Waals surface area contributed by atoms with Crippen molar-refractivity contribution in [2.75, 3.05) is 12.4 Å². The quantitative estimate of drug-likeness (QED) is 0.198. The Labute approximate surface area is 185 Å². The predicted molar refractivity (Wildman–Crippen MR) is 123 cm³/mol. The van der Waals surface area contributed by atoms with Crippen LogP contribution in [0.2, 0.25) is 5.02 Å². The van der Waals surface area contributed by atoms with Crippen LogP contribution in [0.5, 0.6) is 0 Å². The molecule has 7 heteroatoms. The summed E-state index contributed by atoms with van der Waals surface area (Å²) in [6, 6.07) is 12.5. The molecular formula is C23H25ClN2O3S. The van der Waals surface area contributed by atoms with Crippen molar-refractivity contribution in [2.45, 2.75) is 45.0 Å². The van der Waals surface area contributed by atoms with E-state index in [9.17, 15) is 9.59 Å². The summed E-state index contributed by atoms with van der Waals surface area (Å²) in [6.07, 6.45) is 0.817. The van der Waals surface area contributed by atoms with Crippen LogP contribution in [-0.2, 0) is 11.3 Å². The van der Waals surface area contributed by atoms with Crippen molar-refractivity contribution < 1.29 is 9.53 Å². The molecule has 0 N–H and O–H groups in total. The summed E-state index contributed by atoms with van der Waals surface area (Å²) < 4.78 is 7.23. The molecule has 0 aliphatic carbocycles. The molecule has 0 aliphatic rings. The van der Waals surface area contributed by atoms with Gasteiger partial charge in [0, 0.05) is 23.7 Å². The maximum Gasteiger partial charge on any atom is 0.262 e. The number of benzene rings is 2. The van der Waals surface area contributed by atoms with Gasteiger partial charge in [-0.25, -0.2) is 4.98 Å². The molecule has 158 valence electrons. The van der Waals surface area contributed by atoms with Gasteiger partial charge < -0.3 is 4.74 Å². The Morgan fingerprint density at radius 1 is 1.20 bits per heavy atom. The highest BCUT2D eigenvalue weighted by molar-refractivity contribution is 7.99. The number of hydrogen-bond acceptors (Lipinski definition) is 5. The third-order valence-corrected chi connectivity index (χ3v) is 5.78. The molecule has 0 atom stereocenters. The van der Waals surface area contributed by atoms with E-state index in [1.807, 2.05) is 45.0 Å². The largest absolute Gasteiger partial charge is 0.379 e. The first-order chi connectivity index (χ1) is 14.3. The number of aryl methyl sites for hydroxylation is 1. The Balaban J connectivity index is 1.86. The highest BCUT2D eigenvalue weighted by Crippen LogP contribution is 2.22. The zero-order chi connectivity index (χ0) is 21.7. The minimum atomic E-state index is -0.133. The lowest BCUT2D eigenvalue weighted by atomic mass is 10.1. The summed E-state index contributed by atoms with van der Waals surface area (Å²) in [6.45, 7) is 6.96. The van der Waals surface area contributed by atoms with Crippen molar-refractivity contribution in [3.63, 3.8) is 0 Å². The Hall–Kier alpha value is -2.15. The Bertz CT molecular complexity index is 1090. The number of aromatic nitrogens is 2. The van der Waals surface area contributed by atoms with Crippen LogP contribution in [0.25, 0.3) is 10.9 Å². The van der Waals surface area contributed by atoms with E-state index in [1.165, 1.54) is 11.8 Å². The fourth-order valence-corrected chi connectivity index (χ4v) is 4.06. The second-order valence-corrected chi connectivity index (χ2v) is 8.74. The van der Waals surface area contributed by atoms with Crippen molar-refractivity contribution >= 4 is 40.0 Å². The molecule has 0 unspecified atom stereocenters. The molecule has 1 aromatic heterocycles. The van der Waals surface area contributed by atoms with E-state index in [1.54, 1.807) is 22.8 Å². The number of carbonyl (C=O) groups is 1. The summed E-state index contributed by atoms with van der Waals surface area (Å²) in [4.78, 5) is 30.3. The number of Topliss-reactive ketones (excluding diaryl/α,β-unsaturated/α-hetero) is 1. The van der Waals surface area contributed by atoms with Crippen molar-refractivity contribution in [3.05, 3.63) is 69.0 Å². The Kier molecular flexibility index (Phi) is 7.69. The molecule has 2 aromatic carbocycles. The van der Waals surface area contributed by atoms with Gasteiger partial charge in [-0.3, -0.25) is 14.2 Å². The molecule has 0 saturated carbocycles. The highest BCUT2D eigenvalue weighted by atomic mass is 35.5. The molecule has 3 aromatic rings. The minimum absolute atomic E-state index is 0.00451. The van der Waals surface area contributed by atoms with Crippen LogP contribution in [0, 0.1) is 6.92 Å². The molecule has 0 saturated heterocycles. The topological polar surface area (TPSA) is 61.2 Å². The number of hydrogen-bond donors (Lipinski definition) is 0. The van der Waals surface area contributed by atoms with Crippen molar-refractivity contribution in [2.24, 2.45) is 0 Å². The predicted octanol–water partition coefficient (Wildman–Crippen LogP) is 5.15. The average molecular weight is 445 g/mol. The molecule has 0 fully saturated rings. The highest BCUT2D eigenvalue weighted by Gasteiger charge is 2.14. The Morgan fingerprint density at radius 3 is 2.63 bits per heavy atom. The normalized spacial score (nSPS) is 11.4. The van der Waals surface area contributed by atoms with Crippen LogP contribution in [0.1, 0.15) is 36.2 Å². The van der Waals surface area contributed by atoms with Crippen LogP contribution in [0.15, 0.2) is 52.4 Å².